The molecule has 1 fully saturated rings. The van der Waals surface area contributed by atoms with Gasteiger partial charge >= 0.3 is 5.97 Å². The molecule has 1 heterocycles. The summed E-state index contributed by atoms with van der Waals surface area (Å²) in [6.07, 6.45) is 7.73. The highest BCUT2D eigenvalue weighted by Gasteiger charge is 2.15. The van der Waals surface area contributed by atoms with Crippen LogP contribution in [-0.4, -0.2) is 29.4 Å². The Morgan fingerprint density at radius 2 is 2.19 bits per heavy atom. The lowest BCUT2D eigenvalue weighted by molar-refractivity contribution is -0.141. The van der Waals surface area contributed by atoms with Crippen molar-refractivity contribution in [3.8, 4) is 0 Å². The molecule has 1 saturated carbocycles. The topological polar surface area (TPSA) is 73.2 Å². The van der Waals surface area contributed by atoms with Crippen LogP contribution in [0.5, 0.6) is 0 Å². The monoisotopic (exact) mass is 313 g/mol. The molecule has 0 aliphatic heterocycles. The van der Waals surface area contributed by atoms with Crippen LogP contribution in [0.15, 0.2) is 11.0 Å². The molecule has 0 aromatic carbocycles. The summed E-state index contributed by atoms with van der Waals surface area (Å²) in [5, 5.41) is 7.20. The molecule has 1 aliphatic carbocycles. The van der Waals surface area contributed by atoms with Crippen LogP contribution < -0.4 is 10.9 Å². The van der Waals surface area contributed by atoms with Gasteiger partial charge in [0, 0.05) is 6.54 Å². The van der Waals surface area contributed by atoms with E-state index in [-0.39, 0.29) is 11.6 Å². The van der Waals surface area contributed by atoms with Crippen LogP contribution in [0.2, 0.25) is 5.02 Å². The van der Waals surface area contributed by atoms with Crippen molar-refractivity contribution in [2.75, 3.05) is 19.0 Å². The van der Waals surface area contributed by atoms with E-state index in [1.165, 1.54) is 45.4 Å². The molecule has 6 nitrogen and oxygen atoms in total. The Bertz CT molecular complexity index is 553. The average Bonchev–Trinajstić information content (AvgIpc) is 2.52. The third-order valence-corrected chi connectivity index (χ3v) is 4.16. The van der Waals surface area contributed by atoms with E-state index < -0.39 is 11.5 Å². The summed E-state index contributed by atoms with van der Waals surface area (Å²) >= 11 is 6.05. The van der Waals surface area contributed by atoms with Gasteiger partial charge in [-0.15, -0.1) is 0 Å². The van der Waals surface area contributed by atoms with Gasteiger partial charge in [0.25, 0.3) is 5.56 Å². The van der Waals surface area contributed by atoms with Gasteiger partial charge in [-0.2, -0.15) is 5.10 Å². The third kappa shape index (κ3) is 4.20. The molecular weight excluding hydrogens is 294 g/mol. The summed E-state index contributed by atoms with van der Waals surface area (Å²) in [4.78, 5) is 23.2. The summed E-state index contributed by atoms with van der Waals surface area (Å²) in [7, 11) is 1.26. The van der Waals surface area contributed by atoms with E-state index in [1.54, 1.807) is 0 Å². The normalized spacial score (nSPS) is 15.7. The van der Waals surface area contributed by atoms with Gasteiger partial charge in [0.1, 0.15) is 11.6 Å². The van der Waals surface area contributed by atoms with E-state index in [0.717, 1.165) is 11.2 Å². The number of carbonyl (C=O) groups excluding carboxylic acids is 1. The second-order valence-electron chi connectivity index (χ2n) is 5.30. The minimum atomic E-state index is -0.538. The minimum absolute atomic E-state index is 0.0599. The fraction of sp³-hybridized carbons (Fsp3) is 0.643. The Morgan fingerprint density at radius 1 is 1.48 bits per heavy atom. The molecule has 0 amide bonds. The van der Waals surface area contributed by atoms with E-state index in [1.807, 2.05) is 0 Å². The van der Waals surface area contributed by atoms with Crippen molar-refractivity contribution in [1.82, 2.24) is 9.78 Å². The fourth-order valence-corrected chi connectivity index (χ4v) is 2.75. The van der Waals surface area contributed by atoms with Gasteiger partial charge in [0.15, 0.2) is 0 Å². The van der Waals surface area contributed by atoms with Gasteiger partial charge in [0.05, 0.1) is 19.0 Å². The maximum Gasteiger partial charge on any atom is 0.327 e. The minimum Gasteiger partial charge on any atom is -0.468 e. The van der Waals surface area contributed by atoms with E-state index in [4.69, 9.17) is 11.6 Å². The summed E-state index contributed by atoms with van der Waals surface area (Å²) in [6.45, 7) is 0.555. The van der Waals surface area contributed by atoms with Crippen LogP contribution in [0, 0.1) is 5.92 Å². The third-order valence-electron chi connectivity index (χ3n) is 3.80. The van der Waals surface area contributed by atoms with Crippen LogP contribution >= 0.6 is 11.6 Å². The van der Waals surface area contributed by atoms with E-state index >= 15 is 0 Å². The number of nitrogens with one attached hydrogen (secondary N) is 1. The van der Waals surface area contributed by atoms with Crippen LogP contribution in [-0.2, 0) is 16.1 Å². The fourth-order valence-electron chi connectivity index (χ4n) is 2.53. The first-order chi connectivity index (χ1) is 10.1. The summed E-state index contributed by atoms with van der Waals surface area (Å²) < 4.78 is 5.51. The molecule has 1 aromatic heterocycles. The summed E-state index contributed by atoms with van der Waals surface area (Å²) in [5.41, 5.74) is 0.0315. The lowest BCUT2D eigenvalue weighted by Gasteiger charge is -2.22. The first-order valence-corrected chi connectivity index (χ1v) is 7.56. The number of anilines is 1. The second-order valence-corrected chi connectivity index (χ2v) is 5.67. The molecule has 7 heteroatoms. The highest BCUT2D eigenvalue weighted by atomic mass is 35.5. The molecule has 0 radical (unpaired) electrons. The van der Waals surface area contributed by atoms with Crippen molar-refractivity contribution in [3.63, 3.8) is 0 Å². The van der Waals surface area contributed by atoms with Gasteiger partial charge in [0.2, 0.25) is 0 Å². The molecule has 0 unspecified atom stereocenters. The maximum absolute atomic E-state index is 12.0. The molecule has 0 saturated heterocycles. The second kappa shape index (κ2) is 7.45. The SMILES string of the molecule is COC(=O)Cn1ncc(NCC2CCCCC2)c(Cl)c1=O. The molecule has 2 rings (SSSR count). The number of esters is 1. The summed E-state index contributed by atoms with van der Waals surface area (Å²) in [5.74, 6) is 0.0795. The first-order valence-electron chi connectivity index (χ1n) is 7.18. The van der Waals surface area contributed by atoms with Crippen LogP contribution in [0.25, 0.3) is 0 Å². The van der Waals surface area contributed by atoms with E-state index in [9.17, 15) is 9.59 Å². The van der Waals surface area contributed by atoms with Gasteiger partial charge in [-0.3, -0.25) is 9.59 Å². The molecule has 21 heavy (non-hydrogen) atoms. The molecule has 1 aliphatic rings. The van der Waals surface area contributed by atoms with Gasteiger partial charge in [-0.05, 0) is 18.8 Å². The standard InChI is InChI=1S/C14H20ClN3O3/c1-21-12(19)9-18-14(20)13(15)11(8-17-18)16-7-10-5-3-2-4-6-10/h8,10,16H,2-7,9H2,1H3. The molecule has 0 atom stereocenters. The average molecular weight is 314 g/mol. The van der Waals surface area contributed by atoms with Crippen molar-refractivity contribution in [1.29, 1.82) is 0 Å². The molecule has 1 N–H and O–H groups in total. The lowest BCUT2D eigenvalue weighted by atomic mass is 9.89. The quantitative estimate of drug-likeness (QED) is 0.842. The number of methoxy groups -OCH3 is 1. The Labute approximate surface area is 128 Å². The number of rotatable bonds is 5. The van der Waals surface area contributed by atoms with E-state index in [2.05, 4.69) is 15.2 Å². The van der Waals surface area contributed by atoms with Gasteiger partial charge < -0.3 is 10.1 Å². The van der Waals surface area contributed by atoms with Crippen LogP contribution in [0.1, 0.15) is 32.1 Å². The van der Waals surface area contributed by atoms with Crippen molar-refractivity contribution >= 4 is 23.3 Å². The number of ether oxygens (including phenoxy) is 1. The zero-order chi connectivity index (χ0) is 15.2. The number of hydrogen-bond acceptors (Lipinski definition) is 5. The molecule has 1 aromatic rings. The predicted octanol–water partition coefficient (Wildman–Crippen LogP) is 2.06. The number of nitrogens with zero attached hydrogens (tertiary/aromatic N) is 2. The Morgan fingerprint density at radius 3 is 2.86 bits per heavy atom. The maximum atomic E-state index is 12.0. The van der Waals surface area contributed by atoms with Gasteiger partial charge in [-0.25, -0.2) is 4.68 Å². The zero-order valence-electron chi connectivity index (χ0n) is 12.1. The van der Waals surface area contributed by atoms with Crippen molar-refractivity contribution in [2.24, 2.45) is 5.92 Å². The molecule has 0 bridgehead atoms. The van der Waals surface area contributed by atoms with Crippen molar-refractivity contribution < 1.29 is 9.53 Å². The van der Waals surface area contributed by atoms with Crippen LogP contribution in [0.4, 0.5) is 5.69 Å². The number of halogens is 1. The smallest absolute Gasteiger partial charge is 0.327 e. The number of hydrogen-bond donors (Lipinski definition) is 1. The lowest BCUT2D eigenvalue weighted by Crippen LogP contribution is -2.28. The van der Waals surface area contributed by atoms with Crippen molar-refractivity contribution in [3.05, 3.63) is 21.6 Å². The molecule has 116 valence electrons. The van der Waals surface area contributed by atoms with Gasteiger partial charge in [-0.1, -0.05) is 30.9 Å². The molecular formula is C14H20ClN3O3. The highest BCUT2D eigenvalue weighted by Crippen LogP contribution is 2.24. The number of aromatic nitrogens is 2. The zero-order valence-corrected chi connectivity index (χ0v) is 12.9. The predicted molar refractivity (Wildman–Crippen MR) is 80.6 cm³/mol. The Hall–Kier alpha value is -1.56. The molecule has 0 spiro atoms. The van der Waals surface area contributed by atoms with Crippen LogP contribution in [0.3, 0.4) is 0 Å². The highest BCUT2D eigenvalue weighted by molar-refractivity contribution is 6.32. The first kappa shape index (κ1) is 15.8. The summed E-state index contributed by atoms with van der Waals surface area (Å²) in [6, 6.07) is 0. The Kier molecular flexibility index (Phi) is 5.61. The van der Waals surface area contributed by atoms with Crippen molar-refractivity contribution in [2.45, 2.75) is 38.6 Å². The Balaban J connectivity index is 2.02. The van der Waals surface area contributed by atoms with E-state index in [0.29, 0.717) is 11.6 Å². The number of carbonyl (C=O) groups is 1. The largest absolute Gasteiger partial charge is 0.468 e.